The van der Waals surface area contributed by atoms with E-state index in [1.54, 1.807) is 36.5 Å². The number of aromatic nitrogens is 1. The molecule has 29 heavy (non-hydrogen) atoms. The first-order valence-corrected chi connectivity index (χ1v) is 10.5. The molecule has 0 aliphatic rings. The number of carbonyl (C=O) groups is 2. The van der Waals surface area contributed by atoms with Crippen molar-refractivity contribution in [1.29, 1.82) is 0 Å². The predicted octanol–water partition coefficient (Wildman–Crippen LogP) is 4.83. The van der Waals surface area contributed by atoms with Gasteiger partial charge in [0.2, 0.25) is 0 Å². The average Bonchev–Trinajstić information content (AvgIpc) is 3.21. The summed E-state index contributed by atoms with van der Waals surface area (Å²) < 4.78 is 0. The van der Waals surface area contributed by atoms with Gasteiger partial charge in [-0.2, -0.15) is 0 Å². The SMILES string of the molecule is CCN(Cc1ccc(C(=O)N(C)C)cc1)C(=O)c1csc(-c2ccccc2Cl)n1. The van der Waals surface area contributed by atoms with Crippen LogP contribution in [-0.4, -0.2) is 47.2 Å². The fourth-order valence-electron chi connectivity index (χ4n) is 2.85. The zero-order valence-electron chi connectivity index (χ0n) is 16.6. The third-order valence-electron chi connectivity index (χ3n) is 4.48. The molecule has 150 valence electrons. The van der Waals surface area contributed by atoms with Gasteiger partial charge in [0, 0.05) is 43.7 Å². The molecule has 0 radical (unpaired) electrons. The van der Waals surface area contributed by atoms with Crippen molar-refractivity contribution in [2.75, 3.05) is 20.6 Å². The van der Waals surface area contributed by atoms with Crippen molar-refractivity contribution < 1.29 is 9.59 Å². The zero-order chi connectivity index (χ0) is 21.0. The van der Waals surface area contributed by atoms with Crippen molar-refractivity contribution in [3.63, 3.8) is 0 Å². The first kappa shape index (κ1) is 21.0. The maximum atomic E-state index is 13.0. The van der Waals surface area contributed by atoms with Crippen molar-refractivity contribution in [1.82, 2.24) is 14.8 Å². The van der Waals surface area contributed by atoms with Gasteiger partial charge in [0.1, 0.15) is 10.7 Å². The predicted molar refractivity (Wildman–Crippen MR) is 117 cm³/mol. The second-order valence-corrected chi connectivity index (χ2v) is 8.00. The van der Waals surface area contributed by atoms with Crippen LogP contribution in [0.3, 0.4) is 0 Å². The molecule has 0 atom stereocenters. The molecule has 0 N–H and O–H groups in total. The molecule has 1 aromatic heterocycles. The summed E-state index contributed by atoms with van der Waals surface area (Å²) in [6, 6.07) is 14.8. The first-order chi connectivity index (χ1) is 13.9. The fraction of sp³-hybridized carbons (Fsp3) is 0.227. The van der Waals surface area contributed by atoms with Crippen molar-refractivity contribution in [3.8, 4) is 10.6 Å². The van der Waals surface area contributed by atoms with Crippen LogP contribution in [0.5, 0.6) is 0 Å². The van der Waals surface area contributed by atoms with Crippen LogP contribution in [-0.2, 0) is 6.54 Å². The van der Waals surface area contributed by atoms with Crippen molar-refractivity contribution in [2.24, 2.45) is 0 Å². The molecule has 2 amide bonds. The van der Waals surface area contributed by atoms with Gasteiger partial charge in [-0.05, 0) is 30.7 Å². The topological polar surface area (TPSA) is 53.5 Å². The number of nitrogens with zero attached hydrogens (tertiary/aromatic N) is 3. The number of rotatable bonds is 6. The smallest absolute Gasteiger partial charge is 0.273 e. The van der Waals surface area contributed by atoms with Gasteiger partial charge in [-0.3, -0.25) is 9.59 Å². The van der Waals surface area contributed by atoms with Crippen LogP contribution in [0.15, 0.2) is 53.9 Å². The summed E-state index contributed by atoms with van der Waals surface area (Å²) >= 11 is 7.65. The molecule has 0 bridgehead atoms. The van der Waals surface area contributed by atoms with Gasteiger partial charge in [0.15, 0.2) is 0 Å². The van der Waals surface area contributed by atoms with E-state index in [9.17, 15) is 9.59 Å². The Morgan fingerprint density at radius 1 is 1.03 bits per heavy atom. The van der Waals surface area contributed by atoms with Gasteiger partial charge in [0.25, 0.3) is 11.8 Å². The molecule has 0 spiro atoms. The van der Waals surface area contributed by atoms with E-state index in [2.05, 4.69) is 4.98 Å². The number of carbonyl (C=O) groups excluding carboxylic acids is 2. The number of hydrogen-bond acceptors (Lipinski definition) is 4. The Balaban J connectivity index is 1.74. The Morgan fingerprint density at radius 2 is 1.72 bits per heavy atom. The summed E-state index contributed by atoms with van der Waals surface area (Å²) in [6.45, 7) is 2.93. The van der Waals surface area contributed by atoms with Gasteiger partial charge >= 0.3 is 0 Å². The van der Waals surface area contributed by atoms with Crippen LogP contribution in [0.2, 0.25) is 5.02 Å². The molecule has 3 aromatic rings. The molecule has 0 aliphatic carbocycles. The van der Waals surface area contributed by atoms with Gasteiger partial charge in [0.05, 0.1) is 5.02 Å². The lowest BCUT2D eigenvalue weighted by molar-refractivity contribution is 0.0746. The summed E-state index contributed by atoms with van der Waals surface area (Å²) in [7, 11) is 3.44. The van der Waals surface area contributed by atoms with Crippen LogP contribution >= 0.6 is 22.9 Å². The number of hydrogen-bond donors (Lipinski definition) is 0. The minimum absolute atomic E-state index is 0.0467. The molecule has 0 saturated carbocycles. The molecule has 0 fully saturated rings. The lowest BCUT2D eigenvalue weighted by Gasteiger charge is -2.20. The Hall–Kier alpha value is -2.70. The van der Waals surface area contributed by atoms with Gasteiger partial charge in [-0.25, -0.2) is 4.98 Å². The van der Waals surface area contributed by atoms with Crippen LogP contribution in [0.4, 0.5) is 0 Å². The van der Waals surface area contributed by atoms with E-state index < -0.39 is 0 Å². The van der Waals surface area contributed by atoms with Crippen LogP contribution in [0, 0.1) is 0 Å². The standard InChI is InChI=1S/C22H22ClN3O2S/c1-4-26(13-15-9-11-16(12-10-15)21(27)25(2)3)22(28)19-14-29-20(24-19)17-7-5-6-8-18(17)23/h5-12,14H,4,13H2,1-3H3. The van der Waals surface area contributed by atoms with Crippen LogP contribution in [0.25, 0.3) is 10.6 Å². The quantitative estimate of drug-likeness (QED) is 0.566. The second-order valence-electron chi connectivity index (χ2n) is 6.73. The lowest BCUT2D eigenvalue weighted by Crippen LogP contribution is -2.30. The number of benzene rings is 2. The van der Waals surface area contributed by atoms with E-state index >= 15 is 0 Å². The minimum atomic E-state index is -0.129. The number of amides is 2. The highest BCUT2D eigenvalue weighted by Crippen LogP contribution is 2.30. The minimum Gasteiger partial charge on any atom is -0.345 e. The highest BCUT2D eigenvalue weighted by molar-refractivity contribution is 7.13. The highest BCUT2D eigenvalue weighted by atomic mass is 35.5. The molecule has 1 heterocycles. The van der Waals surface area contributed by atoms with Gasteiger partial charge < -0.3 is 9.80 Å². The molecule has 0 saturated heterocycles. The number of halogens is 1. The Kier molecular flexibility index (Phi) is 6.67. The largest absolute Gasteiger partial charge is 0.345 e. The summed E-state index contributed by atoms with van der Waals surface area (Å²) in [6.07, 6.45) is 0. The zero-order valence-corrected chi connectivity index (χ0v) is 18.1. The fourth-order valence-corrected chi connectivity index (χ4v) is 3.96. The monoisotopic (exact) mass is 427 g/mol. The van der Waals surface area contributed by atoms with E-state index in [-0.39, 0.29) is 11.8 Å². The molecule has 3 rings (SSSR count). The normalized spacial score (nSPS) is 10.6. The maximum absolute atomic E-state index is 13.0. The Labute approximate surface area is 179 Å². The van der Waals surface area contributed by atoms with E-state index in [1.807, 2.05) is 43.3 Å². The molecular weight excluding hydrogens is 406 g/mol. The van der Waals surface area contributed by atoms with E-state index in [4.69, 9.17) is 11.6 Å². The molecule has 7 heteroatoms. The highest BCUT2D eigenvalue weighted by Gasteiger charge is 2.19. The summed E-state index contributed by atoms with van der Waals surface area (Å²) in [5, 5.41) is 3.10. The third kappa shape index (κ3) is 4.83. The van der Waals surface area contributed by atoms with E-state index in [0.29, 0.717) is 29.4 Å². The van der Waals surface area contributed by atoms with E-state index in [0.717, 1.165) is 16.1 Å². The lowest BCUT2D eigenvalue weighted by atomic mass is 10.1. The van der Waals surface area contributed by atoms with Crippen molar-refractivity contribution in [2.45, 2.75) is 13.5 Å². The maximum Gasteiger partial charge on any atom is 0.273 e. The van der Waals surface area contributed by atoms with Gasteiger partial charge in [-0.1, -0.05) is 41.9 Å². The molecule has 2 aromatic carbocycles. The summed E-state index contributed by atoms with van der Waals surface area (Å²) in [4.78, 5) is 32.7. The van der Waals surface area contributed by atoms with Crippen LogP contribution in [0.1, 0.15) is 33.3 Å². The van der Waals surface area contributed by atoms with Gasteiger partial charge in [-0.15, -0.1) is 11.3 Å². The number of thiazole rings is 1. The molecule has 5 nitrogen and oxygen atoms in total. The summed E-state index contributed by atoms with van der Waals surface area (Å²) in [5.74, 6) is -0.176. The Bertz CT molecular complexity index is 1010. The molecule has 0 aliphatic heterocycles. The molecular formula is C22H22ClN3O2S. The summed E-state index contributed by atoms with van der Waals surface area (Å²) in [5.41, 5.74) is 2.81. The van der Waals surface area contributed by atoms with Crippen LogP contribution < -0.4 is 0 Å². The van der Waals surface area contributed by atoms with Crippen molar-refractivity contribution in [3.05, 3.63) is 75.8 Å². The average molecular weight is 428 g/mol. The Morgan fingerprint density at radius 3 is 2.34 bits per heavy atom. The first-order valence-electron chi connectivity index (χ1n) is 9.21. The second kappa shape index (κ2) is 9.20. The molecule has 0 unspecified atom stereocenters. The third-order valence-corrected chi connectivity index (χ3v) is 5.68. The van der Waals surface area contributed by atoms with Crippen molar-refractivity contribution >= 4 is 34.8 Å². The van der Waals surface area contributed by atoms with E-state index in [1.165, 1.54) is 16.2 Å².